The highest BCUT2D eigenvalue weighted by Crippen LogP contribution is 2.27. The number of aromatic nitrogens is 6. The number of aromatic amines is 1. The topological polar surface area (TPSA) is 168 Å². The fourth-order valence-corrected chi connectivity index (χ4v) is 3.85. The summed E-state index contributed by atoms with van der Waals surface area (Å²) < 4.78 is 6.73. The van der Waals surface area contributed by atoms with E-state index in [4.69, 9.17) is 10.5 Å². The number of carbonyl (C=O) groups excluding carboxylic acids is 2. The number of rotatable bonds is 7. The van der Waals surface area contributed by atoms with E-state index in [2.05, 4.69) is 35.9 Å². The van der Waals surface area contributed by atoms with Crippen LogP contribution in [0.25, 0.3) is 5.52 Å². The van der Waals surface area contributed by atoms with E-state index in [0.29, 0.717) is 47.6 Å². The number of H-pyrrole nitrogens is 1. The minimum absolute atomic E-state index is 0.173. The van der Waals surface area contributed by atoms with Crippen molar-refractivity contribution in [3.8, 4) is 5.88 Å². The van der Waals surface area contributed by atoms with Crippen molar-refractivity contribution in [1.82, 2.24) is 29.8 Å². The Morgan fingerprint density at radius 3 is 2.91 bits per heavy atom. The van der Waals surface area contributed by atoms with E-state index in [-0.39, 0.29) is 11.6 Å². The molecule has 1 saturated heterocycles. The van der Waals surface area contributed by atoms with Crippen molar-refractivity contribution in [2.45, 2.75) is 18.9 Å². The number of ether oxygens (including phenoxy) is 1. The van der Waals surface area contributed by atoms with Crippen molar-refractivity contribution < 1.29 is 14.3 Å². The number of primary amides is 1. The van der Waals surface area contributed by atoms with Gasteiger partial charge in [-0.3, -0.25) is 14.7 Å². The van der Waals surface area contributed by atoms with Crippen LogP contribution in [0.5, 0.6) is 5.88 Å². The number of nitrogens with zero attached hydrogens (tertiary/aromatic N) is 6. The van der Waals surface area contributed by atoms with Crippen LogP contribution >= 0.6 is 0 Å². The van der Waals surface area contributed by atoms with Crippen molar-refractivity contribution in [3.05, 3.63) is 48.4 Å². The summed E-state index contributed by atoms with van der Waals surface area (Å²) in [6.07, 6.45) is 4.81. The van der Waals surface area contributed by atoms with Crippen LogP contribution < -0.4 is 26.0 Å². The molecule has 0 bridgehead atoms. The molecule has 5 rings (SSSR count). The molecule has 5 heterocycles. The second kappa shape index (κ2) is 8.69. The van der Waals surface area contributed by atoms with Gasteiger partial charge in [0.1, 0.15) is 17.3 Å². The number of carbonyl (C=O) groups is 2. The molecule has 2 amide bonds. The minimum Gasteiger partial charge on any atom is -0.481 e. The minimum atomic E-state index is -0.616. The van der Waals surface area contributed by atoms with Crippen LogP contribution in [-0.2, 0) is 4.79 Å². The lowest BCUT2D eigenvalue weighted by molar-refractivity contribution is -0.117. The first-order valence-corrected chi connectivity index (χ1v) is 10.6. The van der Waals surface area contributed by atoms with Gasteiger partial charge in [0, 0.05) is 24.9 Å². The lowest BCUT2D eigenvalue weighted by Crippen LogP contribution is -2.41. The molecule has 0 radical (unpaired) electrons. The van der Waals surface area contributed by atoms with E-state index in [1.54, 1.807) is 29.0 Å². The van der Waals surface area contributed by atoms with Gasteiger partial charge in [-0.05, 0) is 31.0 Å². The van der Waals surface area contributed by atoms with Gasteiger partial charge in [0.05, 0.1) is 19.0 Å². The molecule has 1 fully saturated rings. The van der Waals surface area contributed by atoms with Crippen LogP contribution in [0.3, 0.4) is 0 Å². The van der Waals surface area contributed by atoms with Crippen LogP contribution in [0.15, 0.2) is 42.7 Å². The largest absolute Gasteiger partial charge is 0.481 e. The summed E-state index contributed by atoms with van der Waals surface area (Å²) in [7, 11) is 1.53. The Morgan fingerprint density at radius 1 is 1.29 bits per heavy atom. The Bertz CT molecular complexity index is 1350. The van der Waals surface area contributed by atoms with E-state index >= 15 is 0 Å². The van der Waals surface area contributed by atoms with Gasteiger partial charge < -0.3 is 26.0 Å². The lowest BCUT2D eigenvalue weighted by atomic mass is 10.2. The SMILES string of the molecule is COc1ccc(NC(=O)[C@@H]2CCCN2c2nc(Nc3cc(C(N)=O)[nH]n3)c3cccn3n2)cn1. The number of amides is 2. The van der Waals surface area contributed by atoms with Gasteiger partial charge in [0.25, 0.3) is 5.91 Å². The van der Waals surface area contributed by atoms with E-state index in [1.165, 1.54) is 13.2 Å². The summed E-state index contributed by atoms with van der Waals surface area (Å²) in [4.78, 5) is 35.1. The molecule has 1 aliphatic rings. The monoisotopic (exact) mass is 462 g/mol. The highest BCUT2D eigenvalue weighted by molar-refractivity contribution is 5.97. The van der Waals surface area contributed by atoms with Crippen LogP contribution in [0.4, 0.5) is 23.3 Å². The Morgan fingerprint density at radius 2 is 2.18 bits per heavy atom. The van der Waals surface area contributed by atoms with Crippen molar-refractivity contribution in [2.75, 3.05) is 29.2 Å². The quantitative estimate of drug-likeness (QED) is 0.316. The molecule has 174 valence electrons. The van der Waals surface area contributed by atoms with Crippen LogP contribution in [0.2, 0.25) is 0 Å². The molecule has 0 saturated carbocycles. The second-order valence-electron chi connectivity index (χ2n) is 7.68. The molecule has 1 atom stereocenters. The number of nitrogens with two attached hydrogens (primary N) is 1. The number of methoxy groups -OCH3 is 1. The van der Waals surface area contributed by atoms with Gasteiger partial charge in [-0.2, -0.15) is 10.1 Å². The smallest absolute Gasteiger partial charge is 0.266 e. The van der Waals surface area contributed by atoms with E-state index in [9.17, 15) is 9.59 Å². The Balaban J connectivity index is 1.40. The Labute approximate surface area is 193 Å². The highest BCUT2D eigenvalue weighted by Gasteiger charge is 2.33. The van der Waals surface area contributed by atoms with E-state index in [1.807, 2.05) is 17.0 Å². The normalized spacial score (nSPS) is 15.4. The zero-order valence-electron chi connectivity index (χ0n) is 18.2. The summed E-state index contributed by atoms with van der Waals surface area (Å²) in [5, 5.41) is 17.2. The van der Waals surface area contributed by atoms with Crippen LogP contribution in [-0.4, -0.2) is 61.3 Å². The van der Waals surface area contributed by atoms with Crippen LogP contribution in [0, 0.1) is 0 Å². The molecule has 13 heteroatoms. The number of hydrogen-bond donors (Lipinski definition) is 4. The van der Waals surface area contributed by atoms with Crippen molar-refractivity contribution >= 4 is 40.6 Å². The van der Waals surface area contributed by atoms with Gasteiger partial charge in [-0.1, -0.05) is 0 Å². The Hall–Kier alpha value is -4.68. The first-order valence-electron chi connectivity index (χ1n) is 10.6. The fourth-order valence-electron chi connectivity index (χ4n) is 3.85. The molecule has 0 aromatic carbocycles. The molecule has 0 aliphatic carbocycles. The van der Waals surface area contributed by atoms with E-state index < -0.39 is 11.9 Å². The van der Waals surface area contributed by atoms with Crippen molar-refractivity contribution in [3.63, 3.8) is 0 Å². The molecular weight excluding hydrogens is 440 g/mol. The fraction of sp³-hybridized carbons (Fsp3) is 0.238. The molecule has 4 aromatic heterocycles. The number of fused-ring (bicyclic) bond motifs is 1. The van der Waals surface area contributed by atoms with Gasteiger partial charge >= 0.3 is 0 Å². The summed E-state index contributed by atoms with van der Waals surface area (Å²) in [5.41, 5.74) is 6.75. The van der Waals surface area contributed by atoms with Crippen LogP contribution in [0.1, 0.15) is 23.3 Å². The number of nitrogens with one attached hydrogen (secondary N) is 3. The first kappa shape index (κ1) is 21.2. The number of anilines is 4. The predicted molar refractivity (Wildman–Crippen MR) is 123 cm³/mol. The summed E-state index contributed by atoms with van der Waals surface area (Å²) in [6, 6.07) is 8.15. The molecule has 0 spiro atoms. The van der Waals surface area contributed by atoms with Crippen molar-refractivity contribution in [2.24, 2.45) is 5.73 Å². The molecular formula is C21H22N10O3. The standard InChI is InChI=1S/C21H22N10O3/c1-34-17-7-6-12(11-23-17)24-20(33)15-5-2-8-30(15)21-26-19(14-4-3-9-31(14)29-21)25-16-10-13(18(22)32)27-28-16/h3-4,6-7,9-11,15H,2,5,8H2,1H3,(H2,22,32)(H,24,33)(H2,25,26,27,28,29)/t15-/m0/s1. The van der Waals surface area contributed by atoms with Gasteiger partial charge in [-0.15, -0.1) is 5.10 Å². The number of hydrogen-bond acceptors (Lipinski definition) is 9. The predicted octanol–water partition coefficient (Wildman–Crippen LogP) is 1.31. The maximum absolute atomic E-state index is 13.1. The molecule has 13 nitrogen and oxygen atoms in total. The van der Waals surface area contributed by atoms with Gasteiger partial charge in [0.15, 0.2) is 11.6 Å². The summed E-state index contributed by atoms with van der Waals surface area (Å²) in [5.74, 6) is 0.923. The third kappa shape index (κ3) is 4.05. The molecule has 0 unspecified atom stereocenters. The third-order valence-corrected chi connectivity index (χ3v) is 5.49. The average molecular weight is 462 g/mol. The van der Waals surface area contributed by atoms with E-state index in [0.717, 1.165) is 6.42 Å². The highest BCUT2D eigenvalue weighted by atomic mass is 16.5. The maximum Gasteiger partial charge on any atom is 0.266 e. The lowest BCUT2D eigenvalue weighted by Gasteiger charge is -2.24. The van der Waals surface area contributed by atoms with Gasteiger partial charge in [0.2, 0.25) is 17.7 Å². The molecule has 5 N–H and O–H groups in total. The number of pyridine rings is 1. The molecule has 1 aliphatic heterocycles. The zero-order chi connectivity index (χ0) is 23.7. The Kier molecular flexibility index (Phi) is 5.41. The molecule has 34 heavy (non-hydrogen) atoms. The summed E-state index contributed by atoms with van der Waals surface area (Å²) >= 11 is 0. The summed E-state index contributed by atoms with van der Waals surface area (Å²) in [6.45, 7) is 0.624. The average Bonchev–Trinajstić information content (AvgIpc) is 3.59. The second-order valence-corrected chi connectivity index (χ2v) is 7.68. The van der Waals surface area contributed by atoms with Crippen molar-refractivity contribution in [1.29, 1.82) is 0 Å². The third-order valence-electron chi connectivity index (χ3n) is 5.49. The zero-order valence-corrected chi connectivity index (χ0v) is 18.2. The first-order chi connectivity index (χ1) is 16.5. The van der Waals surface area contributed by atoms with Gasteiger partial charge in [-0.25, -0.2) is 9.50 Å². The maximum atomic E-state index is 13.1. The molecule has 4 aromatic rings.